The Kier molecular flexibility index (Phi) is 4.83. The van der Waals surface area contributed by atoms with Crippen LogP contribution in [0.5, 0.6) is 11.5 Å². The topological polar surface area (TPSA) is 111 Å². The average molecular weight is 435 g/mol. The number of nitrogens with one attached hydrogen (secondary N) is 2. The van der Waals surface area contributed by atoms with E-state index in [1.54, 1.807) is 22.8 Å². The number of hydrogen-bond acceptors (Lipinski definition) is 7. The standard InChI is InChI=1S/C21H17N5O4S/c1-12-2-5-14(6-3-12)26-19-18(20(28)23-10-22-19)25-21(26)31-9-17(27)24-13-4-7-15-16(8-13)30-11-29-15/h2-8,10H,9,11H2,1H3,(H,24,27)(H,22,23,28). The Morgan fingerprint density at radius 2 is 2.00 bits per heavy atom. The molecule has 3 heterocycles. The number of fused-ring (bicyclic) bond motifs is 2. The van der Waals surface area contributed by atoms with E-state index in [1.165, 1.54) is 18.1 Å². The van der Waals surface area contributed by atoms with E-state index < -0.39 is 0 Å². The second-order valence-electron chi connectivity index (χ2n) is 6.87. The fraction of sp³-hybridized carbons (Fsp3) is 0.143. The molecular formula is C21H17N5O4S. The number of thioether (sulfide) groups is 1. The lowest BCUT2D eigenvalue weighted by Gasteiger charge is -2.09. The number of carbonyl (C=O) groups is 1. The van der Waals surface area contributed by atoms with Crippen LogP contribution in [0.1, 0.15) is 5.56 Å². The number of ether oxygens (including phenoxy) is 2. The first-order valence-electron chi connectivity index (χ1n) is 9.44. The van der Waals surface area contributed by atoms with Gasteiger partial charge < -0.3 is 19.8 Å². The molecule has 0 atom stereocenters. The zero-order valence-corrected chi connectivity index (χ0v) is 17.2. The zero-order chi connectivity index (χ0) is 21.4. The first-order valence-corrected chi connectivity index (χ1v) is 10.4. The van der Waals surface area contributed by atoms with Gasteiger partial charge >= 0.3 is 0 Å². The molecule has 0 spiro atoms. The number of aromatic amines is 1. The van der Waals surface area contributed by atoms with Crippen LogP contribution < -0.4 is 20.3 Å². The number of imidazole rings is 1. The number of rotatable bonds is 5. The fourth-order valence-electron chi connectivity index (χ4n) is 3.21. The SMILES string of the molecule is Cc1ccc(-n2c(SCC(=O)Nc3ccc4c(c3)OCO4)nc3c(=O)[nH]cnc32)cc1. The molecule has 31 heavy (non-hydrogen) atoms. The number of hydrogen-bond donors (Lipinski definition) is 2. The van der Waals surface area contributed by atoms with E-state index in [4.69, 9.17) is 9.47 Å². The monoisotopic (exact) mass is 435 g/mol. The quantitative estimate of drug-likeness (QED) is 0.464. The van der Waals surface area contributed by atoms with E-state index in [0.717, 1.165) is 11.3 Å². The maximum Gasteiger partial charge on any atom is 0.278 e. The van der Waals surface area contributed by atoms with Crippen molar-refractivity contribution in [2.24, 2.45) is 0 Å². The van der Waals surface area contributed by atoms with E-state index in [0.29, 0.717) is 28.0 Å². The molecule has 0 saturated carbocycles. The number of carbonyl (C=O) groups excluding carboxylic acids is 1. The predicted molar refractivity (Wildman–Crippen MR) is 116 cm³/mol. The van der Waals surface area contributed by atoms with Crippen LogP contribution in [-0.4, -0.2) is 38.0 Å². The maximum absolute atomic E-state index is 12.5. The molecule has 2 aromatic heterocycles. The minimum atomic E-state index is -0.331. The molecule has 0 aliphatic carbocycles. The van der Waals surface area contributed by atoms with E-state index in [9.17, 15) is 9.59 Å². The van der Waals surface area contributed by atoms with Crippen molar-refractivity contribution in [1.82, 2.24) is 19.5 Å². The number of nitrogens with zero attached hydrogens (tertiary/aromatic N) is 3. The lowest BCUT2D eigenvalue weighted by atomic mass is 10.2. The van der Waals surface area contributed by atoms with Gasteiger partial charge in [-0.25, -0.2) is 9.97 Å². The molecule has 1 aliphatic rings. The average Bonchev–Trinajstić information content (AvgIpc) is 3.38. The van der Waals surface area contributed by atoms with Crippen molar-refractivity contribution in [1.29, 1.82) is 0 Å². The number of anilines is 1. The molecule has 0 bridgehead atoms. The molecule has 0 saturated heterocycles. The molecular weight excluding hydrogens is 418 g/mol. The van der Waals surface area contributed by atoms with E-state index in [-0.39, 0.29) is 29.5 Å². The van der Waals surface area contributed by atoms with Crippen LogP contribution in [0.15, 0.2) is 58.7 Å². The second-order valence-corrected chi connectivity index (χ2v) is 7.82. The van der Waals surface area contributed by atoms with Crippen LogP contribution in [0, 0.1) is 6.92 Å². The summed E-state index contributed by atoms with van der Waals surface area (Å²) < 4.78 is 12.4. The first-order chi connectivity index (χ1) is 15.1. The van der Waals surface area contributed by atoms with Gasteiger partial charge in [-0.05, 0) is 31.2 Å². The van der Waals surface area contributed by atoms with Gasteiger partial charge in [0.05, 0.1) is 12.1 Å². The van der Waals surface area contributed by atoms with Crippen molar-refractivity contribution in [2.75, 3.05) is 17.9 Å². The third kappa shape index (κ3) is 3.73. The number of aromatic nitrogens is 4. The summed E-state index contributed by atoms with van der Waals surface area (Å²) in [5.74, 6) is 1.13. The Morgan fingerprint density at radius 1 is 1.19 bits per heavy atom. The van der Waals surface area contributed by atoms with Gasteiger partial charge in [0.25, 0.3) is 5.56 Å². The Balaban J connectivity index is 1.40. The molecule has 2 aromatic carbocycles. The molecule has 0 fully saturated rings. The molecule has 0 unspecified atom stereocenters. The Labute approximate surface area is 180 Å². The Morgan fingerprint density at radius 3 is 2.84 bits per heavy atom. The van der Waals surface area contributed by atoms with Crippen molar-refractivity contribution in [3.05, 3.63) is 64.7 Å². The summed E-state index contributed by atoms with van der Waals surface area (Å²) in [4.78, 5) is 36.0. The summed E-state index contributed by atoms with van der Waals surface area (Å²) in [7, 11) is 0. The lowest BCUT2D eigenvalue weighted by molar-refractivity contribution is -0.113. The van der Waals surface area contributed by atoms with Gasteiger partial charge in [-0.2, -0.15) is 0 Å². The molecule has 4 aromatic rings. The molecule has 2 N–H and O–H groups in total. The van der Waals surface area contributed by atoms with Gasteiger partial charge in [-0.15, -0.1) is 0 Å². The van der Waals surface area contributed by atoms with Crippen molar-refractivity contribution in [3.8, 4) is 17.2 Å². The Bertz CT molecular complexity index is 1350. The fourth-order valence-corrected chi connectivity index (χ4v) is 4.02. The number of amides is 1. The van der Waals surface area contributed by atoms with Gasteiger partial charge in [-0.1, -0.05) is 29.5 Å². The lowest BCUT2D eigenvalue weighted by Crippen LogP contribution is -2.14. The number of benzene rings is 2. The molecule has 156 valence electrons. The molecule has 10 heteroatoms. The van der Waals surface area contributed by atoms with Crippen LogP contribution in [0.25, 0.3) is 16.9 Å². The summed E-state index contributed by atoms with van der Waals surface area (Å²) in [6, 6.07) is 13.0. The minimum Gasteiger partial charge on any atom is -0.454 e. The third-order valence-electron chi connectivity index (χ3n) is 4.70. The highest BCUT2D eigenvalue weighted by atomic mass is 32.2. The van der Waals surface area contributed by atoms with Gasteiger partial charge in [0.1, 0.15) is 0 Å². The normalized spacial score (nSPS) is 12.3. The summed E-state index contributed by atoms with van der Waals surface area (Å²) in [6.07, 6.45) is 1.35. The molecule has 9 nitrogen and oxygen atoms in total. The van der Waals surface area contributed by atoms with Crippen molar-refractivity contribution in [2.45, 2.75) is 12.1 Å². The number of H-pyrrole nitrogens is 1. The number of aryl methyl sites for hydroxylation is 1. The van der Waals surface area contributed by atoms with Gasteiger partial charge in [-0.3, -0.25) is 14.2 Å². The van der Waals surface area contributed by atoms with Gasteiger partial charge in [0.2, 0.25) is 12.7 Å². The second kappa shape index (κ2) is 7.80. The van der Waals surface area contributed by atoms with E-state index in [1.807, 2.05) is 31.2 Å². The van der Waals surface area contributed by atoms with Crippen molar-refractivity contribution >= 4 is 34.5 Å². The van der Waals surface area contributed by atoms with Gasteiger partial charge in [0.15, 0.2) is 27.8 Å². The molecule has 1 aliphatic heterocycles. The highest BCUT2D eigenvalue weighted by molar-refractivity contribution is 7.99. The maximum atomic E-state index is 12.5. The summed E-state index contributed by atoms with van der Waals surface area (Å²) in [6.45, 7) is 2.17. The highest BCUT2D eigenvalue weighted by Crippen LogP contribution is 2.34. The predicted octanol–water partition coefficient (Wildman–Crippen LogP) is 2.88. The van der Waals surface area contributed by atoms with Crippen LogP contribution in [0.4, 0.5) is 5.69 Å². The third-order valence-corrected chi connectivity index (χ3v) is 5.64. The van der Waals surface area contributed by atoms with Crippen LogP contribution >= 0.6 is 11.8 Å². The largest absolute Gasteiger partial charge is 0.454 e. The summed E-state index contributed by atoms with van der Waals surface area (Å²) in [5, 5.41) is 3.34. The van der Waals surface area contributed by atoms with Crippen molar-refractivity contribution < 1.29 is 14.3 Å². The molecule has 5 rings (SSSR count). The van der Waals surface area contributed by atoms with Crippen LogP contribution in [0.2, 0.25) is 0 Å². The van der Waals surface area contributed by atoms with Crippen LogP contribution in [-0.2, 0) is 4.79 Å². The zero-order valence-electron chi connectivity index (χ0n) is 16.4. The van der Waals surface area contributed by atoms with Crippen molar-refractivity contribution in [3.63, 3.8) is 0 Å². The van der Waals surface area contributed by atoms with Crippen LogP contribution in [0.3, 0.4) is 0 Å². The van der Waals surface area contributed by atoms with Gasteiger partial charge in [0, 0.05) is 17.4 Å². The molecule has 1 amide bonds. The van der Waals surface area contributed by atoms with E-state index >= 15 is 0 Å². The first kappa shape index (κ1) is 19.2. The summed E-state index contributed by atoms with van der Waals surface area (Å²) in [5.41, 5.74) is 2.86. The Hall–Kier alpha value is -3.79. The van der Waals surface area contributed by atoms with E-state index in [2.05, 4.69) is 20.3 Å². The minimum absolute atomic E-state index is 0.0987. The summed E-state index contributed by atoms with van der Waals surface area (Å²) >= 11 is 1.22. The molecule has 0 radical (unpaired) electrons. The highest BCUT2D eigenvalue weighted by Gasteiger charge is 2.18. The smallest absolute Gasteiger partial charge is 0.278 e.